The number of rotatable bonds is 8. The first-order valence-electron chi connectivity index (χ1n) is 5.89. The van der Waals surface area contributed by atoms with Crippen LogP contribution in [0.3, 0.4) is 0 Å². The topological polar surface area (TPSA) is 21.7 Å². The molecule has 0 saturated carbocycles. The quantitative estimate of drug-likeness (QED) is 0.622. The molecule has 0 amide bonds. The molecule has 1 atom stereocenters. The highest BCUT2D eigenvalue weighted by Gasteiger charge is 2.20. The molecule has 0 aliphatic heterocycles. The number of hydrogen-bond donors (Lipinski definition) is 0. The van der Waals surface area contributed by atoms with Gasteiger partial charge in [0.25, 0.3) is 0 Å². The Morgan fingerprint density at radius 2 is 1.67 bits per heavy atom. The Hall–Kier alpha value is -0.120. The fourth-order valence-corrected chi connectivity index (χ4v) is 1.78. The summed E-state index contributed by atoms with van der Waals surface area (Å²) in [4.78, 5) is 2.41. The van der Waals surface area contributed by atoms with Crippen LogP contribution < -0.4 is 0 Å². The molecule has 0 aromatic rings. The lowest BCUT2D eigenvalue weighted by molar-refractivity contribution is -0.0124. The van der Waals surface area contributed by atoms with Crippen LogP contribution in [0.1, 0.15) is 34.6 Å². The van der Waals surface area contributed by atoms with Crippen molar-refractivity contribution < 1.29 is 9.47 Å². The van der Waals surface area contributed by atoms with Crippen molar-refractivity contribution in [3.05, 3.63) is 0 Å². The molecule has 0 aliphatic rings. The van der Waals surface area contributed by atoms with Crippen LogP contribution in [0.15, 0.2) is 0 Å². The number of hydrogen-bond acceptors (Lipinski definition) is 3. The van der Waals surface area contributed by atoms with Crippen molar-refractivity contribution in [2.75, 3.05) is 26.9 Å². The Morgan fingerprint density at radius 3 is 2.00 bits per heavy atom. The van der Waals surface area contributed by atoms with E-state index in [-0.39, 0.29) is 6.10 Å². The monoisotopic (exact) mass is 217 g/mol. The third-order valence-corrected chi connectivity index (χ3v) is 2.48. The summed E-state index contributed by atoms with van der Waals surface area (Å²) in [5, 5.41) is 0. The molecule has 15 heavy (non-hydrogen) atoms. The molecule has 0 rings (SSSR count). The van der Waals surface area contributed by atoms with E-state index in [1.807, 2.05) is 0 Å². The van der Waals surface area contributed by atoms with E-state index in [0.29, 0.717) is 12.1 Å². The van der Waals surface area contributed by atoms with Gasteiger partial charge in [0.1, 0.15) is 0 Å². The van der Waals surface area contributed by atoms with Gasteiger partial charge in [0.15, 0.2) is 0 Å². The zero-order valence-electron chi connectivity index (χ0n) is 11.1. The first kappa shape index (κ1) is 14.9. The molecule has 1 unspecified atom stereocenters. The molecule has 0 aromatic carbocycles. The van der Waals surface area contributed by atoms with E-state index in [9.17, 15) is 0 Å². The van der Waals surface area contributed by atoms with E-state index < -0.39 is 0 Å². The highest BCUT2D eigenvalue weighted by molar-refractivity contribution is 4.73. The minimum absolute atomic E-state index is 0.287. The van der Waals surface area contributed by atoms with E-state index in [1.165, 1.54) is 0 Å². The van der Waals surface area contributed by atoms with Crippen LogP contribution in [-0.4, -0.2) is 50.0 Å². The molecule has 0 fully saturated rings. The van der Waals surface area contributed by atoms with Crippen molar-refractivity contribution in [3.63, 3.8) is 0 Å². The number of likely N-dealkylation sites (N-methyl/N-ethyl adjacent to an activating group) is 1. The van der Waals surface area contributed by atoms with Gasteiger partial charge in [-0.1, -0.05) is 6.92 Å². The predicted octanol–water partition coefficient (Wildman–Crippen LogP) is 2.16. The zero-order valence-corrected chi connectivity index (χ0v) is 11.1. The Morgan fingerprint density at radius 1 is 1.07 bits per heavy atom. The molecule has 0 bridgehead atoms. The summed E-state index contributed by atoms with van der Waals surface area (Å²) in [5.74, 6) is 0. The van der Waals surface area contributed by atoms with Crippen molar-refractivity contribution in [2.45, 2.75) is 52.8 Å². The molecule has 0 spiro atoms. The summed E-state index contributed by atoms with van der Waals surface area (Å²) in [6, 6.07) is 0.897. The van der Waals surface area contributed by atoms with Gasteiger partial charge in [0.2, 0.25) is 0 Å². The van der Waals surface area contributed by atoms with Gasteiger partial charge in [-0.05, 0) is 34.2 Å². The first-order chi connectivity index (χ1) is 7.02. The lowest BCUT2D eigenvalue weighted by Crippen LogP contribution is -2.46. The van der Waals surface area contributed by atoms with Crippen LogP contribution in [0.25, 0.3) is 0 Å². The summed E-state index contributed by atoms with van der Waals surface area (Å²) >= 11 is 0. The molecule has 0 N–H and O–H groups in total. The Balaban J connectivity index is 4.20. The fraction of sp³-hybridized carbons (Fsp3) is 1.00. The second-order valence-corrected chi connectivity index (χ2v) is 4.42. The van der Waals surface area contributed by atoms with Gasteiger partial charge in [0.05, 0.1) is 25.4 Å². The fourth-order valence-electron chi connectivity index (χ4n) is 1.78. The van der Waals surface area contributed by atoms with Crippen molar-refractivity contribution in [1.82, 2.24) is 4.90 Å². The Bertz CT molecular complexity index is 149. The zero-order chi connectivity index (χ0) is 11.8. The van der Waals surface area contributed by atoms with Crippen LogP contribution in [0.2, 0.25) is 0 Å². The van der Waals surface area contributed by atoms with E-state index in [0.717, 1.165) is 19.8 Å². The lowest BCUT2D eigenvalue weighted by Gasteiger charge is -2.33. The Labute approximate surface area is 94.7 Å². The van der Waals surface area contributed by atoms with Crippen LogP contribution in [0, 0.1) is 0 Å². The average Bonchev–Trinajstić information content (AvgIpc) is 2.14. The molecule has 0 radical (unpaired) electrons. The summed E-state index contributed by atoms with van der Waals surface area (Å²) in [7, 11) is 1.75. The number of nitrogens with zero attached hydrogens (tertiary/aromatic N) is 1. The van der Waals surface area contributed by atoms with Crippen LogP contribution >= 0.6 is 0 Å². The van der Waals surface area contributed by atoms with E-state index in [1.54, 1.807) is 7.11 Å². The predicted molar refractivity (Wildman–Crippen MR) is 64.3 cm³/mol. The van der Waals surface area contributed by atoms with Gasteiger partial charge in [0, 0.05) is 13.2 Å². The maximum absolute atomic E-state index is 5.67. The van der Waals surface area contributed by atoms with Crippen molar-refractivity contribution in [3.8, 4) is 0 Å². The van der Waals surface area contributed by atoms with Gasteiger partial charge < -0.3 is 9.47 Å². The third-order valence-electron chi connectivity index (χ3n) is 2.48. The lowest BCUT2D eigenvalue weighted by atomic mass is 10.2. The smallest absolute Gasteiger partial charge is 0.0647 e. The van der Waals surface area contributed by atoms with Crippen molar-refractivity contribution in [2.24, 2.45) is 0 Å². The SMILES string of the molecule is CCN(C(C)C)C(COC)COC(C)C. The molecule has 92 valence electrons. The van der Waals surface area contributed by atoms with Gasteiger partial charge in [-0.3, -0.25) is 4.90 Å². The minimum atomic E-state index is 0.287. The molecule has 0 saturated heterocycles. The van der Waals surface area contributed by atoms with Gasteiger partial charge in [-0.25, -0.2) is 0 Å². The van der Waals surface area contributed by atoms with Gasteiger partial charge in [-0.15, -0.1) is 0 Å². The largest absolute Gasteiger partial charge is 0.383 e. The highest BCUT2D eigenvalue weighted by Crippen LogP contribution is 2.07. The molecular weight excluding hydrogens is 190 g/mol. The standard InChI is InChI=1S/C12H27NO2/c1-7-13(10(2)3)12(8-14-6)9-15-11(4)5/h10-12H,7-9H2,1-6H3. The van der Waals surface area contributed by atoms with E-state index in [2.05, 4.69) is 39.5 Å². The van der Waals surface area contributed by atoms with Crippen molar-refractivity contribution >= 4 is 0 Å². The average molecular weight is 217 g/mol. The number of ether oxygens (including phenoxy) is 2. The van der Waals surface area contributed by atoms with Crippen molar-refractivity contribution in [1.29, 1.82) is 0 Å². The van der Waals surface area contributed by atoms with Gasteiger partial charge >= 0.3 is 0 Å². The molecule has 0 aromatic heterocycles. The minimum Gasteiger partial charge on any atom is -0.383 e. The van der Waals surface area contributed by atoms with Crippen LogP contribution in [-0.2, 0) is 9.47 Å². The van der Waals surface area contributed by atoms with Crippen LogP contribution in [0.5, 0.6) is 0 Å². The number of methoxy groups -OCH3 is 1. The normalized spacial score (nSPS) is 14.2. The maximum atomic E-state index is 5.67. The summed E-state index contributed by atoms with van der Waals surface area (Å²) in [5.41, 5.74) is 0. The van der Waals surface area contributed by atoms with E-state index >= 15 is 0 Å². The molecule has 0 aliphatic carbocycles. The summed E-state index contributed by atoms with van der Waals surface area (Å²) < 4.78 is 10.9. The molecule has 0 heterocycles. The molecule has 3 nitrogen and oxygen atoms in total. The van der Waals surface area contributed by atoms with E-state index in [4.69, 9.17) is 9.47 Å². The molecule has 3 heteroatoms. The maximum Gasteiger partial charge on any atom is 0.0647 e. The summed E-state index contributed by atoms with van der Waals surface area (Å²) in [6.45, 7) is 13.2. The Kier molecular flexibility index (Phi) is 8.02. The second-order valence-electron chi connectivity index (χ2n) is 4.42. The first-order valence-corrected chi connectivity index (χ1v) is 5.89. The molecular formula is C12H27NO2. The second kappa shape index (κ2) is 8.08. The third kappa shape index (κ3) is 6.13. The van der Waals surface area contributed by atoms with Gasteiger partial charge in [-0.2, -0.15) is 0 Å². The summed E-state index contributed by atoms with van der Waals surface area (Å²) in [6.07, 6.45) is 0.287. The highest BCUT2D eigenvalue weighted by atomic mass is 16.5. The van der Waals surface area contributed by atoms with Crippen LogP contribution in [0.4, 0.5) is 0 Å².